The Balaban J connectivity index is 1.43. The van der Waals surface area contributed by atoms with Gasteiger partial charge >= 0.3 is 0 Å². The van der Waals surface area contributed by atoms with Gasteiger partial charge in [-0.15, -0.1) is 0 Å². The first-order chi connectivity index (χ1) is 13.6. The molecule has 144 valence electrons. The molecule has 1 atom stereocenters. The molecule has 1 amide bonds. The first kappa shape index (κ1) is 18.2. The van der Waals surface area contributed by atoms with Crippen LogP contribution in [0.25, 0.3) is 11.6 Å². The number of likely N-dealkylation sites (tertiary alicyclic amines) is 1. The molecule has 8 heteroatoms. The Morgan fingerprint density at radius 3 is 2.82 bits per heavy atom. The zero-order valence-corrected chi connectivity index (χ0v) is 15.5. The Morgan fingerprint density at radius 1 is 1.21 bits per heavy atom. The maximum absolute atomic E-state index is 13.0. The predicted octanol–water partition coefficient (Wildman–Crippen LogP) is 2.92. The van der Waals surface area contributed by atoms with Crippen molar-refractivity contribution in [1.29, 1.82) is 0 Å². The van der Waals surface area contributed by atoms with Crippen molar-refractivity contribution in [3.63, 3.8) is 0 Å². The van der Waals surface area contributed by atoms with Gasteiger partial charge in [-0.05, 0) is 43.5 Å². The minimum atomic E-state index is -0.306. The average molecular weight is 381 g/mol. The van der Waals surface area contributed by atoms with E-state index in [-0.39, 0.29) is 24.1 Å². The lowest BCUT2D eigenvalue weighted by Crippen LogP contribution is -2.40. The summed E-state index contributed by atoms with van der Waals surface area (Å²) >= 11 is 0. The lowest BCUT2D eigenvalue weighted by Gasteiger charge is -2.31. The molecule has 3 aromatic rings. The molecular weight excluding hydrogens is 361 g/mol. The van der Waals surface area contributed by atoms with E-state index in [4.69, 9.17) is 4.52 Å². The summed E-state index contributed by atoms with van der Waals surface area (Å²) in [5, 5.41) is 4.00. The van der Waals surface area contributed by atoms with E-state index < -0.39 is 0 Å². The monoisotopic (exact) mass is 381 g/mol. The van der Waals surface area contributed by atoms with Gasteiger partial charge in [0.1, 0.15) is 5.82 Å². The minimum absolute atomic E-state index is 0.0121. The summed E-state index contributed by atoms with van der Waals surface area (Å²) in [5.41, 5.74) is 1.62. The standard InChI is InChI=1S/C20H20FN5O2/c1-13-8-9-22-18(23-13)19-24-20(28-25-19)15-3-2-10-26(12-15)17(27)11-14-4-6-16(21)7-5-14/h4-9,15H,2-3,10-12H2,1H3. The predicted molar refractivity (Wildman–Crippen MR) is 98.7 cm³/mol. The summed E-state index contributed by atoms with van der Waals surface area (Å²) in [6.07, 6.45) is 3.64. The van der Waals surface area contributed by atoms with Crippen molar-refractivity contribution in [2.75, 3.05) is 13.1 Å². The highest BCUT2D eigenvalue weighted by atomic mass is 19.1. The lowest BCUT2D eigenvalue weighted by molar-refractivity contribution is -0.131. The van der Waals surface area contributed by atoms with Crippen molar-refractivity contribution in [2.24, 2.45) is 0 Å². The van der Waals surface area contributed by atoms with Gasteiger partial charge in [-0.3, -0.25) is 4.79 Å². The highest BCUT2D eigenvalue weighted by molar-refractivity contribution is 5.79. The molecule has 1 unspecified atom stereocenters. The van der Waals surface area contributed by atoms with Crippen LogP contribution in [0.2, 0.25) is 0 Å². The van der Waals surface area contributed by atoms with Crippen molar-refractivity contribution in [3.05, 3.63) is 59.5 Å². The first-order valence-electron chi connectivity index (χ1n) is 9.24. The van der Waals surface area contributed by atoms with Crippen LogP contribution in [0.4, 0.5) is 4.39 Å². The maximum atomic E-state index is 13.0. The molecule has 1 saturated heterocycles. The van der Waals surface area contributed by atoms with E-state index in [1.54, 1.807) is 24.4 Å². The molecular formula is C20H20FN5O2. The van der Waals surface area contributed by atoms with Crippen LogP contribution in [0.5, 0.6) is 0 Å². The molecule has 1 fully saturated rings. The fourth-order valence-electron chi connectivity index (χ4n) is 3.34. The van der Waals surface area contributed by atoms with Crippen LogP contribution in [0.3, 0.4) is 0 Å². The number of carbonyl (C=O) groups is 1. The van der Waals surface area contributed by atoms with E-state index >= 15 is 0 Å². The van der Waals surface area contributed by atoms with E-state index in [1.165, 1.54) is 12.1 Å². The summed E-state index contributed by atoms with van der Waals surface area (Å²) in [4.78, 5) is 27.4. The van der Waals surface area contributed by atoms with E-state index in [2.05, 4.69) is 20.1 Å². The number of halogens is 1. The van der Waals surface area contributed by atoms with E-state index in [1.807, 2.05) is 11.8 Å². The molecule has 28 heavy (non-hydrogen) atoms. The third-order valence-electron chi connectivity index (χ3n) is 4.83. The number of nitrogens with zero attached hydrogens (tertiary/aromatic N) is 5. The van der Waals surface area contributed by atoms with Gasteiger partial charge in [0.15, 0.2) is 0 Å². The number of aryl methyl sites for hydroxylation is 1. The van der Waals surface area contributed by atoms with Crippen molar-refractivity contribution in [1.82, 2.24) is 25.0 Å². The molecule has 0 aliphatic carbocycles. The molecule has 0 radical (unpaired) electrons. The summed E-state index contributed by atoms with van der Waals surface area (Å²) < 4.78 is 18.5. The van der Waals surface area contributed by atoms with Crippen LogP contribution in [0, 0.1) is 12.7 Å². The van der Waals surface area contributed by atoms with Gasteiger partial charge in [0.2, 0.25) is 23.4 Å². The molecule has 1 aromatic carbocycles. The molecule has 0 N–H and O–H groups in total. The number of hydrogen-bond donors (Lipinski definition) is 0. The molecule has 7 nitrogen and oxygen atoms in total. The van der Waals surface area contributed by atoms with Gasteiger partial charge in [-0.25, -0.2) is 14.4 Å². The molecule has 0 spiro atoms. The zero-order valence-electron chi connectivity index (χ0n) is 15.5. The van der Waals surface area contributed by atoms with Gasteiger partial charge in [-0.1, -0.05) is 17.3 Å². The van der Waals surface area contributed by atoms with Crippen LogP contribution in [0.15, 0.2) is 41.1 Å². The van der Waals surface area contributed by atoms with Gasteiger partial charge in [0.05, 0.1) is 12.3 Å². The number of carbonyl (C=O) groups excluding carboxylic acids is 1. The fraction of sp³-hybridized carbons (Fsp3) is 0.350. The van der Waals surface area contributed by atoms with Crippen molar-refractivity contribution >= 4 is 5.91 Å². The maximum Gasteiger partial charge on any atom is 0.240 e. The van der Waals surface area contributed by atoms with Crippen molar-refractivity contribution in [2.45, 2.75) is 32.1 Å². The van der Waals surface area contributed by atoms with E-state index in [9.17, 15) is 9.18 Å². The molecule has 4 rings (SSSR count). The summed E-state index contributed by atoms with van der Waals surface area (Å²) in [6.45, 7) is 3.09. The molecule has 3 heterocycles. The smallest absolute Gasteiger partial charge is 0.240 e. The van der Waals surface area contributed by atoms with Gasteiger partial charge < -0.3 is 9.42 Å². The van der Waals surface area contributed by atoms with Gasteiger partial charge in [0.25, 0.3) is 0 Å². The average Bonchev–Trinajstić information content (AvgIpc) is 3.20. The largest absolute Gasteiger partial charge is 0.342 e. The quantitative estimate of drug-likeness (QED) is 0.691. The van der Waals surface area contributed by atoms with Crippen molar-refractivity contribution in [3.8, 4) is 11.6 Å². The van der Waals surface area contributed by atoms with Gasteiger partial charge in [0, 0.05) is 25.0 Å². The molecule has 0 bridgehead atoms. The SMILES string of the molecule is Cc1ccnc(-c2noc(C3CCCN(C(=O)Cc4ccc(F)cc4)C3)n2)n1. The summed E-state index contributed by atoms with van der Waals surface area (Å²) in [5.74, 6) is 0.969. The minimum Gasteiger partial charge on any atom is -0.342 e. The normalized spacial score (nSPS) is 16.9. The van der Waals surface area contributed by atoms with Crippen LogP contribution >= 0.6 is 0 Å². The molecule has 1 aliphatic heterocycles. The Labute approximate surface area is 161 Å². The Hall–Kier alpha value is -3.16. The van der Waals surface area contributed by atoms with E-state index in [0.717, 1.165) is 24.1 Å². The lowest BCUT2D eigenvalue weighted by atomic mass is 9.97. The summed E-state index contributed by atoms with van der Waals surface area (Å²) in [6, 6.07) is 7.82. The summed E-state index contributed by atoms with van der Waals surface area (Å²) in [7, 11) is 0. The third kappa shape index (κ3) is 4.05. The zero-order chi connectivity index (χ0) is 19.5. The molecule has 1 aliphatic rings. The topological polar surface area (TPSA) is 85.0 Å². The Kier molecular flexibility index (Phi) is 5.10. The second-order valence-electron chi connectivity index (χ2n) is 6.96. The van der Waals surface area contributed by atoms with Crippen molar-refractivity contribution < 1.29 is 13.7 Å². The number of hydrogen-bond acceptors (Lipinski definition) is 6. The van der Waals surface area contributed by atoms with Crippen LogP contribution < -0.4 is 0 Å². The second kappa shape index (κ2) is 7.84. The number of rotatable bonds is 4. The number of aromatic nitrogens is 4. The fourth-order valence-corrected chi connectivity index (χ4v) is 3.34. The van der Waals surface area contributed by atoms with E-state index in [0.29, 0.717) is 30.6 Å². The highest BCUT2D eigenvalue weighted by Crippen LogP contribution is 2.27. The van der Waals surface area contributed by atoms with Crippen LogP contribution in [0.1, 0.15) is 35.9 Å². The van der Waals surface area contributed by atoms with Crippen LogP contribution in [-0.4, -0.2) is 44.0 Å². The first-order valence-corrected chi connectivity index (χ1v) is 9.24. The molecule has 0 saturated carbocycles. The number of piperidine rings is 1. The number of benzene rings is 1. The third-order valence-corrected chi connectivity index (χ3v) is 4.83. The van der Waals surface area contributed by atoms with Gasteiger partial charge in [-0.2, -0.15) is 4.98 Å². The van der Waals surface area contributed by atoms with Crippen LogP contribution in [-0.2, 0) is 11.2 Å². The Morgan fingerprint density at radius 2 is 2.04 bits per heavy atom. The number of amides is 1. The second-order valence-corrected chi connectivity index (χ2v) is 6.96. The Bertz CT molecular complexity index is 973. The highest BCUT2D eigenvalue weighted by Gasteiger charge is 2.29. The molecule has 2 aromatic heterocycles.